The van der Waals surface area contributed by atoms with Crippen LogP contribution in [0.15, 0.2) is 30.0 Å². The van der Waals surface area contributed by atoms with Crippen LogP contribution in [0.5, 0.6) is 0 Å². The third-order valence-corrected chi connectivity index (χ3v) is 4.43. The molecule has 5 nitrogen and oxygen atoms in total. The van der Waals surface area contributed by atoms with Gasteiger partial charge in [-0.05, 0) is 31.0 Å². The van der Waals surface area contributed by atoms with E-state index in [1.807, 2.05) is 18.0 Å². The van der Waals surface area contributed by atoms with Gasteiger partial charge in [0.25, 0.3) is 5.91 Å². The average Bonchev–Trinajstić information content (AvgIpc) is 2.56. The Morgan fingerprint density at radius 2 is 2.13 bits per heavy atom. The van der Waals surface area contributed by atoms with Crippen LogP contribution in [0.2, 0.25) is 5.02 Å². The minimum Gasteiger partial charge on any atom is -0.398 e. The van der Waals surface area contributed by atoms with E-state index in [0.717, 1.165) is 12.8 Å². The number of nitrogens with one attached hydrogen (secondary N) is 1. The van der Waals surface area contributed by atoms with E-state index in [4.69, 9.17) is 17.3 Å². The molecule has 1 aliphatic rings. The SMILES string of the molecule is CN(/C=C(/C#N)C(=O)Nc1ccc(N)c(Cl)c1)C1CCCCC1. The van der Waals surface area contributed by atoms with Crippen LogP contribution >= 0.6 is 11.6 Å². The van der Waals surface area contributed by atoms with Gasteiger partial charge in [0.05, 0.1) is 10.7 Å². The highest BCUT2D eigenvalue weighted by molar-refractivity contribution is 6.33. The molecule has 0 unspecified atom stereocenters. The van der Waals surface area contributed by atoms with Gasteiger partial charge in [0.1, 0.15) is 11.6 Å². The van der Waals surface area contributed by atoms with Crippen molar-refractivity contribution in [1.82, 2.24) is 4.90 Å². The Hall–Kier alpha value is -2.19. The number of nitrogen functional groups attached to an aromatic ring is 1. The zero-order valence-electron chi connectivity index (χ0n) is 13.2. The maximum atomic E-state index is 12.3. The van der Waals surface area contributed by atoms with Gasteiger partial charge in [-0.15, -0.1) is 0 Å². The number of rotatable bonds is 4. The van der Waals surface area contributed by atoms with Crippen LogP contribution < -0.4 is 11.1 Å². The minimum atomic E-state index is -0.448. The number of amides is 1. The summed E-state index contributed by atoms with van der Waals surface area (Å²) >= 11 is 5.93. The van der Waals surface area contributed by atoms with E-state index in [-0.39, 0.29) is 5.57 Å². The summed E-state index contributed by atoms with van der Waals surface area (Å²) in [6.45, 7) is 0. The number of benzene rings is 1. The molecule has 1 saturated carbocycles. The third-order valence-electron chi connectivity index (χ3n) is 4.11. The fraction of sp³-hybridized carbons (Fsp3) is 0.412. The Bertz CT molecular complexity index is 644. The first-order valence-electron chi connectivity index (χ1n) is 7.71. The van der Waals surface area contributed by atoms with Gasteiger partial charge >= 0.3 is 0 Å². The number of anilines is 2. The normalized spacial score (nSPS) is 15.8. The lowest BCUT2D eigenvalue weighted by molar-refractivity contribution is -0.112. The highest BCUT2D eigenvalue weighted by atomic mass is 35.5. The topological polar surface area (TPSA) is 82.2 Å². The van der Waals surface area contributed by atoms with Crippen molar-refractivity contribution in [3.8, 4) is 6.07 Å². The Morgan fingerprint density at radius 1 is 1.43 bits per heavy atom. The first-order valence-corrected chi connectivity index (χ1v) is 8.09. The highest BCUT2D eigenvalue weighted by Crippen LogP contribution is 2.24. The van der Waals surface area contributed by atoms with Crippen molar-refractivity contribution in [2.75, 3.05) is 18.1 Å². The largest absolute Gasteiger partial charge is 0.398 e. The van der Waals surface area contributed by atoms with Crippen molar-refractivity contribution in [2.24, 2.45) is 0 Å². The van der Waals surface area contributed by atoms with E-state index in [1.165, 1.54) is 19.3 Å². The Balaban J connectivity index is 2.06. The van der Waals surface area contributed by atoms with Crippen LogP contribution in [0.3, 0.4) is 0 Å². The smallest absolute Gasteiger partial charge is 0.267 e. The molecule has 0 radical (unpaired) electrons. The summed E-state index contributed by atoms with van der Waals surface area (Å²) < 4.78 is 0. The summed E-state index contributed by atoms with van der Waals surface area (Å²) in [5, 5.41) is 12.3. The molecular weight excluding hydrogens is 312 g/mol. The van der Waals surface area contributed by atoms with E-state index in [9.17, 15) is 10.1 Å². The van der Waals surface area contributed by atoms with E-state index < -0.39 is 5.91 Å². The first kappa shape index (κ1) is 17.2. The van der Waals surface area contributed by atoms with Crippen LogP contribution in [0.1, 0.15) is 32.1 Å². The zero-order chi connectivity index (χ0) is 16.8. The molecule has 2 rings (SSSR count). The number of carbonyl (C=O) groups excluding carboxylic acids is 1. The lowest BCUT2D eigenvalue weighted by Gasteiger charge is -2.30. The fourth-order valence-corrected chi connectivity index (χ4v) is 2.92. The van der Waals surface area contributed by atoms with E-state index in [0.29, 0.717) is 22.4 Å². The molecule has 0 spiro atoms. The van der Waals surface area contributed by atoms with Crippen LogP contribution in [-0.4, -0.2) is 23.9 Å². The molecule has 0 atom stereocenters. The fourth-order valence-electron chi connectivity index (χ4n) is 2.74. The Kier molecular flexibility index (Phi) is 5.89. The summed E-state index contributed by atoms with van der Waals surface area (Å²) in [4.78, 5) is 14.2. The van der Waals surface area contributed by atoms with E-state index in [1.54, 1.807) is 24.4 Å². The predicted octanol–water partition coefficient (Wildman–Crippen LogP) is 3.53. The third kappa shape index (κ3) is 4.64. The standard InChI is InChI=1S/C17H21ClN4O/c1-22(14-5-3-2-4-6-14)11-12(10-19)17(23)21-13-7-8-16(20)15(18)9-13/h7-9,11,14H,2-6,20H2,1H3,(H,21,23)/b12-11-. The highest BCUT2D eigenvalue weighted by Gasteiger charge is 2.18. The number of hydrogen-bond acceptors (Lipinski definition) is 4. The van der Waals surface area contributed by atoms with Gasteiger partial charge in [-0.3, -0.25) is 4.79 Å². The molecule has 0 saturated heterocycles. The Labute approximate surface area is 141 Å². The van der Waals surface area contributed by atoms with Crippen molar-refractivity contribution in [2.45, 2.75) is 38.1 Å². The molecular formula is C17H21ClN4O. The minimum absolute atomic E-state index is 0.0750. The lowest BCUT2D eigenvalue weighted by Crippen LogP contribution is -2.30. The number of nitriles is 1. The second-order valence-corrected chi connectivity index (χ2v) is 6.21. The molecule has 0 bridgehead atoms. The number of halogens is 1. The van der Waals surface area contributed by atoms with Gasteiger partial charge < -0.3 is 16.0 Å². The second kappa shape index (κ2) is 7.89. The van der Waals surface area contributed by atoms with Crippen molar-refractivity contribution < 1.29 is 4.79 Å². The summed E-state index contributed by atoms with van der Waals surface area (Å²) in [6.07, 6.45) is 7.48. The predicted molar refractivity (Wildman–Crippen MR) is 92.8 cm³/mol. The molecule has 0 aliphatic heterocycles. The summed E-state index contributed by atoms with van der Waals surface area (Å²) in [5.74, 6) is -0.448. The second-order valence-electron chi connectivity index (χ2n) is 5.80. The molecule has 3 N–H and O–H groups in total. The summed E-state index contributed by atoms with van der Waals surface area (Å²) in [5.41, 5.74) is 6.67. The van der Waals surface area contributed by atoms with Gasteiger partial charge in [0.15, 0.2) is 0 Å². The lowest BCUT2D eigenvalue weighted by atomic mass is 9.94. The molecule has 1 fully saturated rings. The maximum absolute atomic E-state index is 12.3. The van der Waals surface area contributed by atoms with E-state index in [2.05, 4.69) is 5.32 Å². The molecule has 122 valence electrons. The zero-order valence-corrected chi connectivity index (χ0v) is 13.9. The van der Waals surface area contributed by atoms with Gasteiger partial charge in [0.2, 0.25) is 0 Å². The number of nitrogens with zero attached hydrogens (tertiary/aromatic N) is 2. The van der Waals surface area contributed by atoms with Crippen LogP contribution in [0, 0.1) is 11.3 Å². The molecule has 6 heteroatoms. The molecule has 23 heavy (non-hydrogen) atoms. The monoisotopic (exact) mass is 332 g/mol. The van der Waals surface area contributed by atoms with Crippen LogP contribution in [0.25, 0.3) is 0 Å². The van der Waals surface area contributed by atoms with Gasteiger partial charge in [-0.25, -0.2) is 0 Å². The van der Waals surface area contributed by atoms with Crippen molar-refractivity contribution in [1.29, 1.82) is 5.26 Å². The summed E-state index contributed by atoms with van der Waals surface area (Å²) in [6, 6.07) is 7.19. The van der Waals surface area contributed by atoms with Gasteiger partial charge in [0, 0.05) is 25.0 Å². The van der Waals surface area contributed by atoms with Crippen molar-refractivity contribution in [3.05, 3.63) is 35.0 Å². The molecule has 1 aliphatic carbocycles. The van der Waals surface area contributed by atoms with Gasteiger partial charge in [-0.2, -0.15) is 5.26 Å². The number of hydrogen-bond donors (Lipinski definition) is 2. The Morgan fingerprint density at radius 3 is 2.74 bits per heavy atom. The number of nitrogens with two attached hydrogens (primary N) is 1. The van der Waals surface area contributed by atoms with Crippen LogP contribution in [-0.2, 0) is 4.79 Å². The van der Waals surface area contributed by atoms with Gasteiger partial charge in [-0.1, -0.05) is 30.9 Å². The molecule has 1 aromatic rings. The first-order chi connectivity index (χ1) is 11.0. The van der Waals surface area contributed by atoms with Crippen molar-refractivity contribution >= 4 is 28.9 Å². The molecule has 0 aromatic heterocycles. The average molecular weight is 333 g/mol. The number of carbonyl (C=O) groups is 1. The summed E-state index contributed by atoms with van der Waals surface area (Å²) in [7, 11) is 1.92. The molecule has 0 heterocycles. The van der Waals surface area contributed by atoms with E-state index >= 15 is 0 Å². The maximum Gasteiger partial charge on any atom is 0.267 e. The quantitative estimate of drug-likeness (QED) is 0.502. The molecule has 1 amide bonds. The van der Waals surface area contributed by atoms with Crippen LogP contribution in [0.4, 0.5) is 11.4 Å². The molecule has 1 aromatic carbocycles. The van der Waals surface area contributed by atoms with Crippen molar-refractivity contribution in [3.63, 3.8) is 0 Å².